The summed E-state index contributed by atoms with van der Waals surface area (Å²) in [6.45, 7) is 0. The predicted molar refractivity (Wildman–Crippen MR) is 72.2 cm³/mol. The SMILES string of the molecule is N#Cc1ccc(NC(=O)NC(C(=O)O)C2CC2)cc1C#N. The summed E-state index contributed by atoms with van der Waals surface area (Å²) in [4.78, 5) is 22.8. The molecule has 1 aliphatic carbocycles. The van der Waals surface area contributed by atoms with E-state index in [-0.39, 0.29) is 17.0 Å². The van der Waals surface area contributed by atoms with Crippen LogP contribution in [0.4, 0.5) is 10.5 Å². The molecule has 0 bridgehead atoms. The van der Waals surface area contributed by atoms with Crippen molar-refractivity contribution in [3.63, 3.8) is 0 Å². The normalized spacial score (nSPS) is 14.4. The highest BCUT2D eigenvalue weighted by Crippen LogP contribution is 2.32. The molecule has 0 radical (unpaired) electrons. The fourth-order valence-electron chi connectivity index (χ4n) is 1.93. The lowest BCUT2D eigenvalue weighted by molar-refractivity contribution is -0.139. The maximum Gasteiger partial charge on any atom is 0.326 e. The monoisotopic (exact) mass is 284 g/mol. The second kappa shape index (κ2) is 5.93. The van der Waals surface area contributed by atoms with Crippen LogP contribution in [-0.4, -0.2) is 23.1 Å². The third-order valence-electron chi connectivity index (χ3n) is 3.16. The highest BCUT2D eigenvalue weighted by molar-refractivity contribution is 5.92. The molecule has 0 saturated heterocycles. The first kappa shape index (κ1) is 14.4. The molecule has 1 fully saturated rings. The fourth-order valence-corrected chi connectivity index (χ4v) is 1.93. The maximum absolute atomic E-state index is 11.8. The van der Waals surface area contributed by atoms with E-state index in [2.05, 4.69) is 10.6 Å². The van der Waals surface area contributed by atoms with Gasteiger partial charge in [0.1, 0.15) is 18.2 Å². The Morgan fingerprint density at radius 3 is 2.43 bits per heavy atom. The van der Waals surface area contributed by atoms with Gasteiger partial charge in [-0.25, -0.2) is 9.59 Å². The standard InChI is InChI=1S/C14H12N4O3/c15-6-9-3-4-11(5-10(9)7-16)17-14(21)18-12(13(19)20)8-1-2-8/h3-5,8,12H,1-2H2,(H,19,20)(H2,17,18,21). The van der Waals surface area contributed by atoms with E-state index >= 15 is 0 Å². The first-order chi connectivity index (χ1) is 10.0. The molecule has 1 atom stereocenters. The molecule has 1 aliphatic rings. The fraction of sp³-hybridized carbons (Fsp3) is 0.286. The quantitative estimate of drug-likeness (QED) is 0.770. The van der Waals surface area contributed by atoms with Gasteiger partial charge in [-0.15, -0.1) is 0 Å². The minimum absolute atomic E-state index is 0.0242. The van der Waals surface area contributed by atoms with Crippen LogP contribution in [0.15, 0.2) is 18.2 Å². The largest absolute Gasteiger partial charge is 0.480 e. The molecule has 3 N–H and O–H groups in total. The molecular weight excluding hydrogens is 272 g/mol. The van der Waals surface area contributed by atoms with Crippen LogP contribution in [0.25, 0.3) is 0 Å². The molecule has 1 unspecified atom stereocenters. The molecule has 1 saturated carbocycles. The molecule has 0 spiro atoms. The molecule has 0 heterocycles. The van der Waals surface area contributed by atoms with Gasteiger partial charge < -0.3 is 15.7 Å². The summed E-state index contributed by atoms with van der Waals surface area (Å²) in [5.41, 5.74) is 0.681. The molecule has 106 valence electrons. The molecule has 21 heavy (non-hydrogen) atoms. The predicted octanol–water partition coefficient (Wildman–Crippen LogP) is 1.41. The zero-order valence-corrected chi connectivity index (χ0v) is 11.0. The third-order valence-corrected chi connectivity index (χ3v) is 3.16. The number of hydrogen-bond donors (Lipinski definition) is 3. The Balaban J connectivity index is 2.04. The number of amides is 2. The zero-order chi connectivity index (χ0) is 15.4. The number of anilines is 1. The summed E-state index contributed by atoms with van der Waals surface area (Å²) in [6.07, 6.45) is 1.57. The number of carbonyl (C=O) groups is 2. The molecular formula is C14H12N4O3. The van der Waals surface area contributed by atoms with E-state index in [0.717, 1.165) is 12.8 Å². The van der Waals surface area contributed by atoms with Crippen LogP contribution in [0.5, 0.6) is 0 Å². The van der Waals surface area contributed by atoms with Gasteiger partial charge in [0, 0.05) is 5.69 Å². The Kier molecular flexibility index (Phi) is 4.05. The lowest BCUT2D eigenvalue weighted by atomic mass is 10.1. The van der Waals surface area contributed by atoms with Gasteiger partial charge in [0.2, 0.25) is 0 Å². The number of nitrogens with zero attached hydrogens (tertiary/aromatic N) is 2. The van der Waals surface area contributed by atoms with E-state index in [9.17, 15) is 9.59 Å². The van der Waals surface area contributed by atoms with Gasteiger partial charge in [-0.2, -0.15) is 10.5 Å². The smallest absolute Gasteiger partial charge is 0.326 e. The number of rotatable bonds is 4. The number of nitrogens with one attached hydrogen (secondary N) is 2. The number of carbonyl (C=O) groups excluding carboxylic acids is 1. The van der Waals surface area contributed by atoms with Crippen LogP contribution in [0, 0.1) is 28.6 Å². The van der Waals surface area contributed by atoms with Crippen molar-refractivity contribution in [3.8, 4) is 12.1 Å². The van der Waals surface area contributed by atoms with Crippen LogP contribution >= 0.6 is 0 Å². The van der Waals surface area contributed by atoms with E-state index in [0.29, 0.717) is 5.69 Å². The van der Waals surface area contributed by atoms with Gasteiger partial charge in [0.15, 0.2) is 0 Å². The lowest BCUT2D eigenvalue weighted by Gasteiger charge is -2.14. The van der Waals surface area contributed by atoms with E-state index in [1.54, 1.807) is 0 Å². The van der Waals surface area contributed by atoms with E-state index in [4.69, 9.17) is 15.6 Å². The van der Waals surface area contributed by atoms with Crippen molar-refractivity contribution < 1.29 is 14.7 Å². The lowest BCUT2D eigenvalue weighted by Crippen LogP contribution is -2.44. The van der Waals surface area contributed by atoms with Crippen LogP contribution < -0.4 is 10.6 Å². The van der Waals surface area contributed by atoms with Crippen molar-refractivity contribution in [2.75, 3.05) is 5.32 Å². The second-order valence-corrected chi connectivity index (χ2v) is 4.74. The Morgan fingerprint density at radius 2 is 1.90 bits per heavy atom. The van der Waals surface area contributed by atoms with Crippen LogP contribution in [0.2, 0.25) is 0 Å². The first-order valence-corrected chi connectivity index (χ1v) is 6.29. The number of benzene rings is 1. The van der Waals surface area contributed by atoms with Crippen molar-refractivity contribution in [1.82, 2.24) is 5.32 Å². The Labute approximate surface area is 120 Å². The molecule has 7 heteroatoms. The summed E-state index contributed by atoms with van der Waals surface area (Å²) in [6, 6.07) is 6.44. The van der Waals surface area contributed by atoms with Crippen LogP contribution in [0.3, 0.4) is 0 Å². The van der Waals surface area contributed by atoms with Crippen molar-refractivity contribution >= 4 is 17.7 Å². The van der Waals surface area contributed by atoms with Crippen LogP contribution in [0.1, 0.15) is 24.0 Å². The number of hydrogen-bond acceptors (Lipinski definition) is 4. The average molecular weight is 284 g/mol. The Morgan fingerprint density at radius 1 is 1.24 bits per heavy atom. The molecule has 0 aliphatic heterocycles. The van der Waals surface area contributed by atoms with Gasteiger partial charge in [0.25, 0.3) is 0 Å². The van der Waals surface area contributed by atoms with Gasteiger partial charge in [-0.1, -0.05) is 0 Å². The molecule has 1 aromatic carbocycles. The Bertz CT molecular complexity index is 668. The second-order valence-electron chi connectivity index (χ2n) is 4.74. The van der Waals surface area contributed by atoms with Crippen molar-refractivity contribution in [2.45, 2.75) is 18.9 Å². The van der Waals surface area contributed by atoms with E-state index < -0.39 is 18.0 Å². The number of nitriles is 2. The first-order valence-electron chi connectivity index (χ1n) is 6.29. The summed E-state index contributed by atoms with van der Waals surface area (Å²) in [5.74, 6) is -1.09. The van der Waals surface area contributed by atoms with Crippen molar-refractivity contribution in [3.05, 3.63) is 29.3 Å². The summed E-state index contributed by atoms with van der Waals surface area (Å²) in [5, 5.41) is 31.6. The highest BCUT2D eigenvalue weighted by atomic mass is 16.4. The molecule has 2 amide bonds. The van der Waals surface area contributed by atoms with Gasteiger partial charge >= 0.3 is 12.0 Å². The molecule has 1 aromatic rings. The van der Waals surface area contributed by atoms with Gasteiger partial charge in [-0.05, 0) is 37.0 Å². The number of aliphatic carboxylic acids is 1. The summed E-state index contributed by atoms with van der Waals surface area (Å²) >= 11 is 0. The van der Waals surface area contributed by atoms with Crippen molar-refractivity contribution in [2.24, 2.45) is 5.92 Å². The molecule has 2 rings (SSSR count). The molecule has 7 nitrogen and oxygen atoms in total. The zero-order valence-electron chi connectivity index (χ0n) is 11.0. The van der Waals surface area contributed by atoms with Gasteiger partial charge in [0.05, 0.1) is 11.1 Å². The minimum Gasteiger partial charge on any atom is -0.480 e. The maximum atomic E-state index is 11.8. The average Bonchev–Trinajstić information content (AvgIpc) is 3.28. The number of carboxylic acids is 1. The van der Waals surface area contributed by atoms with E-state index in [1.165, 1.54) is 18.2 Å². The third kappa shape index (κ3) is 3.48. The minimum atomic E-state index is -1.06. The number of urea groups is 1. The highest BCUT2D eigenvalue weighted by Gasteiger charge is 2.37. The van der Waals surface area contributed by atoms with Gasteiger partial charge in [-0.3, -0.25) is 0 Å². The van der Waals surface area contributed by atoms with Crippen molar-refractivity contribution in [1.29, 1.82) is 10.5 Å². The summed E-state index contributed by atoms with van der Waals surface area (Å²) in [7, 11) is 0. The molecule has 0 aromatic heterocycles. The Hall–Kier alpha value is -3.06. The number of carboxylic acid groups (broad SMARTS) is 1. The summed E-state index contributed by atoms with van der Waals surface area (Å²) < 4.78 is 0. The van der Waals surface area contributed by atoms with Crippen LogP contribution in [-0.2, 0) is 4.79 Å². The van der Waals surface area contributed by atoms with E-state index in [1.807, 2.05) is 12.1 Å². The topological polar surface area (TPSA) is 126 Å².